The highest BCUT2D eigenvalue weighted by atomic mass is 32.1. The average Bonchev–Trinajstić information content (AvgIpc) is 2.96. The number of rotatable bonds is 2. The summed E-state index contributed by atoms with van der Waals surface area (Å²) >= 11 is 1.82. The Morgan fingerprint density at radius 3 is 3.20 bits per heavy atom. The number of pyridine rings is 1. The number of anilines is 1. The summed E-state index contributed by atoms with van der Waals surface area (Å²) in [7, 11) is 0. The van der Waals surface area contributed by atoms with E-state index in [0.29, 0.717) is 11.6 Å². The Morgan fingerprint density at radius 2 is 2.40 bits per heavy atom. The van der Waals surface area contributed by atoms with Crippen molar-refractivity contribution in [2.45, 2.75) is 19.4 Å². The molecule has 3 rings (SSSR count). The summed E-state index contributed by atoms with van der Waals surface area (Å²) in [6.07, 6.45) is 2.73. The molecular formula is C14H16N4OS. The molecule has 0 fully saturated rings. The van der Waals surface area contributed by atoms with E-state index in [1.54, 1.807) is 12.3 Å². The van der Waals surface area contributed by atoms with Gasteiger partial charge in [-0.05, 0) is 42.5 Å². The number of oxime groups is 1. The Bertz CT molecular complexity index is 652. The number of fused-ring (bicyclic) bond motifs is 1. The van der Waals surface area contributed by atoms with Crippen molar-refractivity contribution >= 4 is 23.0 Å². The van der Waals surface area contributed by atoms with E-state index in [9.17, 15) is 0 Å². The molecule has 0 bridgehead atoms. The normalized spacial score (nSPS) is 18.9. The molecule has 3 heterocycles. The number of nitrogens with two attached hydrogens (primary N) is 1. The summed E-state index contributed by atoms with van der Waals surface area (Å²) in [6.45, 7) is 3.11. The Labute approximate surface area is 121 Å². The zero-order valence-corrected chi connectivity index (χ0v) is 12.0. The smallest absolute Gasteiger partial charge is 0.170 e. The Morgan fingerprint density at radius 1 is 1.55 bits per heavy atom. The topological polar surface area (TPSA) is 74.7 Å². The number of hydrogen-bond acceptors (Lipinski definition) is 5. The lowest BCUT2D eigenvalue weighted by atomic mass is 10.0. The molecule has 0 saturated carbocycles. The first kappa shape index (κ1) is 12.9. The van der Waals surface area contributed by atoms with Crippen LogP contribution in [0.2, 0.25) is 0 Å². The average molecular weight is 288 g/mol. The van der Waals surface area contributed by atoms with E-state index in [-0.39, 0.29) is 5.84 Å². The van der Waals surface area contributed by atoms with Gasteiger partial charge in [-0.2, -0.15) is 0 Å². The summed E-state index contributed by atoms with van der Waals surface area (Å²) in [5, 5.41) is 14.0. The van der Waals surface area contributed by atoms with Gasteiger partial charge < -0.3 is 15.8 Å². The van der Waals surface area contributed by atoms with E-state index < -0.39 is 0 Å². The fourth-order valence-corrected chi connectivity index (χ4v) is 3.58. The molecule has 1 aliphatic heterocycles. The maximum atomic E-state index is 8.77. The lowest BCUT2D eigenvalue weighted by molar-refractivity contribution is 0.318. The molecule has 0 amide bonds. The van der Waals surface area contributed by atoms with Gasteiger partial charge in [-0.3, -0.25) is 0 Å². The SMILES string of the molecule is CC1c2ccsc2CCN1c1cc(C(N)=NO)ccn1. The minimum atomic E-state index is 0.106. The summed E-state index contributed by atoms with van der Waals surface area (Å²) < 4.78 is 0. The van der Waals surface area contributed by atoms with Crippen LogP contribution in [0.25, 0.3) is 0 Å². The maximum absolute atomic E-state index is 8.77. The molecule has 0 aromatic carbocycles. The highest BCUT2D eigenvalue weighted by Crippen LogP contribution is 2.35. The van der Waals surface area contributed by atoms with Gasteiger partial charge in [-0.1, -0.05) is 5.16 Å². The van der Waals surface area contributed by atoms with E-state index in [2.05, 4.69) is 33.4 Å². The van der Waals surface area contributed by atoms with Crippen LogP contribution in [0.15, 0.2) is 34.9 Å². The predicted octanol–water partition coefficient (Wildman–Crippen LogP) is 2.36. The van der Waals surface area contributed by atoms with Crippen LogP contribution in [-0.2, 0) is 6.42 Å². The Hall–Kier alpha value is -2.08. The molecule has 3 N–H and O–H groups in total. The highest BCUT2D eigenvalue weighted by Gasteiger charge is 2.25. The van der Waals surface area contributed by atoms with E-state index in [0.717, 1.165) is 18.8 Å². The van der Waals surface area contributed by atoms with Gasteiger partial charge in [0.1, 0.15) is 5.82 Å². The first-order valence-electron chi connectivity index (χ1n) is 6.47. The molecule has 104 valence electrons. The molecule has 6 heteroatoms. The number of aromatic nitrogens is 1. The first-order valence-corrected chi connectivity index (χ1v) is 7.35. The van der Waals surface area contributed by atoms with E-state index >= 15 is 0 Å². The van der Waals surface area contributed by atoms with E-state index in [1.165, 1.54) is 10.4 Å². The second kappa shape index (κ2) is 5.13. The molecule has 5 nitrogen and oxygen atoms in total. The Kier molecular flexibility index (Phi) is 3.31. The van der Waals surface area contributed by atoms with Gasteiger partial charge >= 0.3 is 0 Å². The second-order valence-corrected chi connectivity index (χ2v) is 5.81. The molecule has 2 aromatic heterocycles. The van der Waals surface area contributed by atoms with Crippen molar-refractivity contribution < 1.29 is 5.21 Å². The van der Waals surface area contributed by atoms with Gasteiger partial charge in [0.2, 0.25) is 0 Å². The van der Waals surface area contributed by atoms with Gasteiger partial charge in [0.25, 0.3) is 0 Å². The third kappa shape index (κ3) is 2.12. The van der Waals surface area contributed by atoms with Crippen LogP contribution in [0.1, 0.15) is 29.0 Å². The fourth-order valence-electron chi connectivity index (χ4n) is 2.61. The van der Waals surface area contributed by atoms with E-state index in [4.69, 9.17) is 10.9 Å². The number of nitrogens with zero attached hydrogens (tertiary/aromatic N) is 3. The third-order valence-corrected chi connectivity index (χ3v) is 4.72. The van der Waals surface area contributed by atoms with Crippen molar-refractivity contribution in [1.29, 1.82) is 0 Å². The van der Waals surface area contributed by atoms with Crippen LogP contribution >= 0.6 is 11.3 Å². The predicted molar refractivity (Wildman–Crippen MR) is 80.5 cm³/mol. The zero-order valence-electron chi connectivity index (χ0n) is 11.2. The maximum Gasteiger partial charge on any atom is 0.170 e. The fraction of sp³-hybridized carbons (Fsp3) is 0.286. The van der Waals surface area contributed by atoms with Crippen LogP contribution in [0.5, 0.6) is 0 Å². The van der Waals surface area contributed by atoms with Crippen LogP contribution in [0.3, 0.4) is 0 Å². The first-order chi connectivity index (χ1) is 9.70. The standard InChI is InChI=1S/C14H16N4OS/c1-9-11-4-7-20-12(11)3-6-18(9)13-8-10(2-5-16-13)14(15)17-19/h2,4-5,7-9,19H,3,6H2,1H3,(H2,15,17). The van der Waals surface area contributed by atoms with Gasteiger partial charge in [-0.25, -0.2) is 4.98 Å². The molecule has 1 unspecified atom stereocenters. The van der Waals surface area contributed by atoms with Crippen LogP contribution in [0, 0.1) is 0 Å². The molecule has 0 saturated heterocycles. The van der Waals surface area contributed by atoms with Crippen LogP contribution < -0.4 is 10.6 Å². The summed E-state index contributed by atoms with van der Waals surface area (Å²) in [4.78, 5) is 8.14. The number of hydrogen-bond donors (Lipinski definition) is 2. The van der Waals surface area contributed by atoms with Gasteiger partial charge in [0, 0.05) is 23.2 Å². The van der Waals surface area contributed by atoms with Crippen molar-refractivity contribution in [2.75, 3.05) is 11.4 Å². The van der Waals surface area contributed by atoms with Crippen molar-refractivity contribution in [3.8, 4) is 0 Å². The summed E-state index contributed by atoms with van der Waals surface area (Å²) in [5.41, 5.74) is 7.70. The van der Waals surface area contributed by atoms with Gasteiger partial charge in [0.05, 0.1) is 6.04 Å². The molecular weight excluding hydrogens is 272 g/mol. The molecule has 1 atom stereocenters. The molecule has 1 aliphatic rings. The molecule has 0 spiro atoms. The lowest BCUT2D eigenvalue weighted by Crippen LogP contribution is -2.33. The summed E-state index contributed by atoms with van der Waals surface area (Å²) in [5.74, 6) is 0.966. The largest absolute Gasteiger partial charge is 0.409 e. The van der Waals surface area contributed by atoms with E-state index in [1.807, 2.05) is 17.4 Å². The molecule has 20 heavy (non-hydrogen) atoms. The lowest BCUT2D eigenvalue weighted by Gasteiger charge is -2.34. The molecule has 0 radical (unpaired) electrons. The zero-order chi connectivity index (χ0) is 14.1. The van der Waals surface area contributed by atoms with Crippen molar-refractivity contribution in [3.05, 3.63) is 45.8 Å². The molecule has 2 aromatic rings. The van der Waals surface area contributed by atoms with Crippen molar-refractivity contribution in [3.63, 3.8) is 0 Å². The van der Waals surface area contributed by atoms with Crippen molar-refractivity contribution in [2.24, 2.45) is 10.9 Å². The van der Waals surface area contributed by atoms with Gasteiger partial charge in [0.15, 0.2) is 5.84 Å². The Balaban J connectivity index is 1.94. The van der Waals surface area contributed by atoms with Crippen LogP contribution in [0.4, 0.5) is 5.82 Å². The third-order valence-electron chi connectivity index (χ3n) is 3.72. The van der Waals surface area contributed by atoms with Crippen LogP contribution in [-0.4, -0.2) is 22.6 Å². The highest BCUT2D eigenvalue weighted by molar-refractivity contribution is 7.10. The number of thiophene rings is 1. The van der Waals surface area contributed by atoms with Crippen molar-refractivity contribution in [1.82, 2.24) is 4.98 Å². The minimum Gasteiger partial charge on any atom is -0.409 e. The second-order valence-electron chi connectivity index (χ2n) is 4.81. The summed E-state index contributed by atoms with van der Waals surface area (Å²) in [6, 6.07) is 6.08. The monoisotopic (exact) mass is 288 g/mol. The molecule has 0 aliphatic carbocycles. The number of amidine groups is 1. The quantitative estimate of drug-likeness (QED) is 0.385. The van der Waals surface area contributed by atoms with Gasteiger partial charge in [-0.15, -0.1) is 11.3 Å². The minimum absolute atomic E-state index is 0.106.